The fraction of sp³-hybridized carbons (Fsp3) is 0.526. The van der Waals surface area contributed by atoms with Crippen molar-refractivity contribution in [3.63, 3.8) is 0 Å². The Bertz CT molecular complexity index is 892. The van der Waals surface area contributed by atoms with E-state index < -0.39 is 48.7 Å². The third kappa shape index (κ3) is 4.31. The van der Waals surface area contributed by atoms with Crippen LogP contribution < -0.4 is 15.1 Å². The molecule has 160 valence electrons. The van der Waals surface area contributed by atoms with Crippen molar-refractivity contribution in [2.24, 2.45) is 0 Å². The molecule has 1 aliphatic heterocycles. The first-order valence-corrected chi connectivity index (χ1v) is 9.27. The average Bonchev–Trinajstić information content (AvgIpc) is 2.71. The first-order valence-electron chi connectivity index (χ1n) is 9.27. The minimum absolute atomic E-state index is 0.0707. The van der Waals surface area contributed by atoms with E-state index >= 15 is 0 Å². The van der Waals surface area contributed by atoms with Crippen molar-refractivity contribution in [3.8, 4) is 17.2 Å². The monoisotopic (exact) mass is 412 g/mol. The van der Waals surface area contributed by atoms with Crippen LogP contribution in [0.2, 0.25) is 0 Å². The molecule has 0 aliphatic carbocycles. The number of ether oxygens (including phenoxy) is 3. The lowest BCUT2D eigenvalue weighted by Crippen LogP contribution is -2.60. The highest BCUT2D eigenvalue weighted by atomic mass is 16.7. The van der Waals surface area contributed by atoms with Crippen LogP contribution in [-0.2, 0) is 4.74 Å². The van der Waals surface area contributed by atoms with Crippen molar-refractivity contribution >= 4 is 11.0 Å². The molecule has 1 aromatic carbocycles. The molecule has 1 fully saturated rings. The second-order valence-electron chi connectivity index (χ2n) is 6.74. The highest BCUT2D eigenvalue weighted by molar-refractivity contribution is 5.86. The summed E-state index contributed by atoms with van der Waals surface area (Å²) in [7, 11) is 0. The molecule has 2 aromatic rings. The van der Waals surface area contributed by atoms with Gasteiger partial charge in [-0.2, -0.15) is 0 Å². The SMILES string of the molecule is CCCCOc1ccc2c(O[C@@H]3O[C@H](CO)[C@@H](O)[C@H](O)[C@H]3O)c(O)c(=O)oc2c1. The molecule has 0 radical (unpaired) electrons. The molecule has 5 atom stereocenters. The molecule has 0 saturated carbocycles. The van der Waals surface area contributed by atoms with Gasteiger partial charge in [-0.25, -0.2) is 4.79 Å². The van der Waals surface area contributed by atoms with E-state index in [0.717, 1.165) is 12.8 Å². The normalized spacial score (nSPS) is 27.1. The molecule has 2 heterocycles. The summed E-state index contributed by atoms with van der Waals surface area (Å²) >= 11 is 0. The van der Waals surface area contributed by atoms with Crippen LogP contribution in [0.3, 0.4) is 0 Å². The number of aromatic hydroxyl groups is 1. The van der Waals surface area contributed by atoms with Gasteiger partial charge < -0.3 is 44.2 Å². The number of rotatable bonds is 7. The maximum atomic E-state index is 12.0. The molecule has 10 nitrogen and oxygen atoms in total. The van der Waals surface area contributed by atoms with E-state index in [0.29, 0.717) is 12.4 Å². The van der Waals surface area contributed by atoms with Gasteiger partial charge in [-0.05, 0) is 18.6 Å². The van der Waals surface area contributed by atoms with Crippen molar-refractivity contribution in [2.45, 2.75) is 50.5 Å². The maximum Gasteiger partial charge on any atom is 0.382 e. The van der Waals surface area contributed by atoms with E-state index in [9.17, 15) is 30.3 Å². The number of benzene rings is 1. The van der Waals surface area contributed by atoms with Crippen molar-refractivity contribution in [1.29, 1.82) is 0 Å². The summed E-state index contributed by atoms with van der Waals surface area (Å²) in [6.07, 6.45) is -5.91. The third-order valence-electron chi connectivity index (χ3n) is 4.66. The Balaban J connectivity index is 1.93. The lowest BCUT2D eigenvalue weighted by Gasteiger charge is -2.39. The van der Waals surface area contributed by atoms with Crippen LogP contribution in [0.4, 0.5) is 0 Å². The van der Waals surface area contributed by atoms with Gasteiger partial charge in [0.2, 0.25) is 12.0 Å². The summed E-state index contributed by atoms with van der Waals surface area (Å²) in [6.45, 7) is 1.86. The third-order valence-corrected chi connectivity index (χ3v) is 4.66. The second-order valence-corrected chi connectivity index (χ2v) is 6.74. The molecule has 1 aromatic heterocycles. The summed E-state index contributed by atoms with van der Waals surface area (Å²) in [5.74, 6) is -0.728. The average molecular weight is 412 g/mol. The Morgan fingerprint density at radius 2 is 1.90 bits per heavy atom. The number of hydrogen-bond acceptors (Lipinski definition) is 10. The van der Waals surface area contributed by atoms with Gasteiger partial charge in [0.15, 0.2) is 5.75 Å². The maximum absolute atomic E-state index is 12.0. The van der Waals surface area contributed by atoms with Gasteiger partial charge in [0.25, 0.3) is 0 Å². The smallest absolute Gasteiger partial charge is 0.382 e. The minimum Gasteiger partial charge on any atom is -0.499 e. The van der Waals surface area contributed by atoms with Crippen molar-refractivity contribution in [3.05, 3.63) is 28.6 Å². The van der Waals surface area contributed by atoms with E-state index in [2.05, 4.69) is 0 Å². The summed E-state index contributed by atoms with van der Waals surface area (Å²) in [5, 5.41) is 49.5. The molecule has 0 amide bonds. The van der Waals surface area contributed by atoms with Crippen LogP contribution >= 0.6 is 0 Å². The zero-order valence-electron chi connectivity index (χ0n) is 15.7. The van der Waals surface area contributed by atoms with Gasteiger partial charge in [-0.1, -0.05) is 13.3 Å². The predicted octanol–water partition coefficient (Wildman–Crippen LogP) is -0.144. The number of aliphatic hydroxyl groups is 4. The fourth-order valence-corrected chi connectivity index (χ4v) is 2.97. The van der Waals surface area contributed by atoms with Crippen LogP contribution in [0.15, 0.2) is 27.4 Å². The van der Waals surface area contributed by atoms with Gasteiger partial charge in [0, 0.05) is 6.07 Å². The Kier molecular flexibility index (Phi) is 6.60. The lowest BCUT2D eigenvalue weighted by molar-refractivity contribution is -0.277. The van der Waals surface area contributed by atoms with Crippen LogP contribution in [0, 0.1) is 0 Å². The van der Waals surface area contributed by atoms with Gasteiger partial charge >= 0.3 is 5.63 Å². The first-order chi connectivity index (χ1) is 13.9. The zero-order valence-corrected chi connectivity index (χ0v) is 15.7. The summed E-state index contributed by atoms with van der Waals surface area (Å²) in [5.41, 5.74) is -1.01. The van der Waals surface area contributed by atoms with E-state index in [-0.39, 0.29) is 16.7 Å². The molecule has 3 rings (SSSR count). The molecule has 1 saturated heterocycles. The minimum atomic E-state index is -1.70. The molecule has 0 spiro atoms. The standard InChI is InChI=1S/C19H24O10/c1-2-3-6-26-9-4-5-10-11(7-9)27-18(25)16(24)17(10)29-19-15(23)14(22)13(21)12(8-20)28-19/h4-5,7,12-15,19-24H,2-3,6,8H2,1H3/t12-,13-,14+,15-,19+/m1/s1. The Morgan fingerprint density at radius 3 is 2.59 bits per heavy atom. The number of hydrogen-bond donors (Lipinski definition) is 5. The molecule has 0 bridgehead atoms. The Labute approximate surface area is 165 Å². The summed E-state index contributed by atoms with van der Waals surface area (Å²) in [4.78, 5) is 12.0. The fourth-order valence-electron chi connectivity index (χ4n) is 2.97. The molecule has 1 aliphatic rings. The van der Waals surface area contributed by atoms with E-state index in [1.807, 2.05) is 6.92 Å². The zero-order chi connectivity index (χ0) is 21.1. The van der Waals surface area contributed by atoms with E-state index in [4.69, 9.17) is 18.6 Å². The van der Waals surface area contributed by atoms with Gasteiger partial charge in [0.1, 0.15) is 35.7 Å². The molecular formula is C19H24O10. The molecule has 0 unspecified atom stereocenters. The lowest BCUT2D eigenvalue weighted by atomic mass is 9.99. The quantitative estimate of drug-likeness (QED) is 0.306. The molecule has 10 heteroatoms. The first kappa shape index (κ1) is 21.3. The Hall–Kier alpha value is -2.37. The van der Waals surface area contributed by atoms with Crippen molar-refractivity contribution in [1.82, 2.24) is 0 Å². The number of fused-ring (bicyclic) bond motifs is 1. The Morgan fingerprint density at radius 1 is 1.14 bits per heavy atom. The van der Waals surface area contributed by atoms with E-state index in [1.165, 1.54) is 12.1 Å². The molecular weight excluding hydrogens is 388 g/mol. The van der Waals surface area contributed by atoms with Crippen molar-refractivity contribution in [2.75, 3.05) is 13.2 Å². The van der Waals surface area contributed by atoms with Crippen LogP contribution in [0.5, 0.6) is 17.2 Å². The number of aliphatic hydroxyl groups excluding tert-OH is 4. The summed E-state index contributed by atoms with van der Waals surface area (Å²) < 4.78 is 21.4. The highest BCUT2D eigenvalue weighted by Crippen LogP contribution is 2.36. The number of unbranched alkanes of at least 4 members (excludes halogenated alkanes) is 1. The van der Waals surface area contributed by atoms with Gasteiger partial charge in [-0.15, -0.1) is 0 Å². The largest absolute Gasteiger partial charge is 0.499 e. The second kappa shape index (κ2) is 8.97. The molecule has 29 heavy (non-hydrogen) atoms. The van der Waals surface area contributed by atoms with Crippen molar-refractivity contribution < 1.29 is 44.2 Å². The summed E-state index contributed by atoms with van der Waals surface area (Å²) in [6, 6.07) is 4.56. The highest BCUT2D eigenvalue weighted by Gasteiger charge is 2.45. The molecule has 5 N–H and O–H groups in total. The van der Waals surface area contributed by atoms with Crippen LogP contribution in [0.1, 0.15) is 19.8 Å². The van der Waals surface area contributed by atoms with Gasteiger partial charge in [-0.3, -0.25) is 0 Å². The van der Waals surface area contributed by atoms with Gasteiger partial charge in [0.05, 0.1) is 18.6 Å². The van der Waals surface area contributed by atoms with E-state index in [1.54, 1.807) is 6.07 Å². The predicted molar refractivity (Wildman–Crippen MR) is 98.9 cm³/mol. The van der Waals surface area contributed by atoms with Crippen LogP contribution in [0.25, 0.3) is 11.0 Å². The topological polar surface area (TPSA) is 159 Å². The van der Waals surface area contributed by atoms with Crippen LogP contribution in [-0.4, -0.2) is 69.5 Å².